The summed E-state index contributed by atoms with van der Waals surface area (Å²) in [6.07, 6.45) is 5.15. The molecule has 1 aliphatic heterocycles. The van der Waals surface area contributed by atoms with Gasteiger partial charge in [-0.2, -0.15) is 0 Å². The Bertz CT molecular complexity index is 624. The van der Waals surface area contributed by atoms with Crippen LogP contribution >= 0.6 is 11.6 Å². The van der Waals surface area contributed by atoms with Crippen molar-refractivity contribution < 1.29 is 14.3 Å². The van der Waals surface area contributed by atoms with Crippen LogP contribution in [0.1, 0.15) is 39.0 Å². The maximum Gasteiger partial charge on any atom is 0.308 e. The van der Waals surface area contributed by atoms with Crippen molar-refractivity contribution in [1.29, 1.82) is 0 Å². The van der Waals surface area contributed by atoms with Gasteiger partial charge in [-0.25, -0.2) is 9.97 Å². The molecule has 124 valence electrons. The molecule has 0 bridgehead atoms. The zero-order chi connectivity index (χ0) is 16.4. The van der Waals surface area contributed by atoms with Gasteiger partial charge in [0, 0.05) is 12.6 Å². The molecule has 2 aliphatic rings. The normalized spacial score (nSPS) is 27.5. The maximum atomic E-state index is 13.0. The molecule has 1 saturated heterocycles. The van der Waals surface area contributed by atoms with Crippen molar-refractivity contribution in [3.63, 3.8) is 0 Å². The van der Waals surface area contributed by atoms with Gasteiger partial charge in [0.15, 0.2) is 0 Å². The van der Waals surface area contributed by atoms with E-state index in [1.54, 1.807) is 17.9 Å². The number of aromatic nitrogens is 2. The first-order valence-corrected chi connectivity index (χ1v) is 8.40. The van der Waals surface area contributed by atoms with Crippen molar-refractivity contribution in [3.8, 4) is 0 Å². The van der Waals surface area contributed by atoms with Gasteiger partial charge in [-0.1, -0.05) is 18.0 Å². The first-order chi connectivity index (χ1) is 11.1. The summed E-state index contributed by atoms with van der Waals surface area (Å²) < 4.78 is 5.14. The van der Waals surface area contributed by atoms with E-state index in [-0.39, 0.29) is 17.8 Å². The van der Waals surface area contributed by atoms with Gasteiger partial charge >= 0.3 is 5.97 Å². The van der Waals surface area contributed by atoms with Gasteiger partial charge in [0.25, 0.3) is 0 Å². The first-order valence-electron chi connectivity index (χ1n) is 8.02. The van der Waals surface area contributed by atoms with Gasteiger partial charge < -0.3 is 4.74 Å². The highest BCUT2D eigenvalue weighted by atomic mass is 35.5. The molecule has 0 aromatic carbocycles. The smallest absolute Gasteiger partial charge is 0.308 e. The summed E-state index contributed by atoms with van der Waals surface area (Å²) in [5.41, 5.74) is -0.465. The lowest BCUT2D eigenvalue weighted by molar-refractivity contribution is -0.151. The highest BCUT2D eigenvalue weighted by Crippen LogP contribution is 2.48. The second-order valence-corrected chi connectivity index (χ2v) is 6.62. The molecule has 7 heteroatoms. The highest BCUT2D eigenvalue weighted by Gasteiger charge is 2.51. The number of hydrogen-bond acceptors (Lipinski definition) is 5. The molecule has 1 spiro atoms. The summed E-state index contributed by atoms with van der Waals surface area (Å²) >= 11 is 5.90. The zero-order valence-corrected chi connectivity index (χ0v) is 13.9. The van der Waals surface area contributed by atoms with Crippen LogP contribution in [0.2, 0.25) is 5.15 Å². The Balaban J connectivity index is 1.78. The van der Waals surface area contributed by atoms with Gasteiger partial charge in [-0.3, -0.25) is 14.5 Å². The second kappa shape index (κ2) is 6.43. The number of hydrogen-bond donors (Lipinski definition) is 0. The third-order valence-electron chi connectivity index (χ3n) is 4.87. The number of esters is 1. The summed E-state index contributed by atoms with van der Waals surface area (Å²) in [7, 11) is 0. The monoisotopic (exact) mass is 337 g/mol. The fourth-order valence-electron chi connectivity index (χ4n) is 3.76. The third-order valence-corrected chi connectivity index (χ3v) is 5.08. The minimum atomic E-state index is -0.465. The Hall–Kier alpha value is -1.69. The summed E-state index contributed by atoms with van der Waals surface area (Å²) in [4.78, 5) is 34.7. The molecule has 1 aliphatic carbocycles. The van der Waals surface area contributed by atoms with Crippen molar-refractivity contribution in [2.75, 3.05) is 18.1 Å². The molecular formula is C16H20ClN3O3. The van der Waals surface area contributed by atoms with E-state index in [4.69, 9.17) is 16.3 Å². The Morgan fingerprint density at radius 2 is 2.30 bits per heavy atom. The van der Waals surface area contributed by atoms with Crippen LogP contribution in [-0.2, 0) is 14.3 Å². The van der Waals surface area contributed by atoms with Gasteiger partial charge in [0.2, 0.25) is 5.91 Å². The molecule has 1 unspecified atom stereocenters. The molecule has 23 heavy (non-hydrogen) atoms. The molecule has 1 aromatic heterocycles. The van der Waals surface area contributed by atoms with E-state index in [9.17, 15) is 9.59 Å². The minimum Gasteiger partial charge on any atom is -0.466 e. The van der Waals surface area contributed by atoms with E-state index in [1.807, 2.05) is 0 Å². The number of ether oxygens (including phenoxy) is 1. The summed E-state index contributed by atoms with van der Waals surface area (Å²) in [6, 6.07) is 1.60. The van der Waals surface area contributed by atoms with E-state index in [2.05, 4.69) is 9.97 Å². The molecule has 2 heterocycles. The molecule has 1 saturated carbocycles. The number of carbonyl (C=O) groups is 2. The van der Waals surface area contributed by atoms with Crippen LogP contribution in [-0.4, -0.2) is 35.0 Å². The molecule has 2 atom stereocenters. The fourth-order valence-corrected chi connectivity index (χ4v) is 3.90. The average molecular weight is 338 g/mol. The predicted octanol–water partition coefficient (Wildman–Crippen LogP) is 2.61. The van der Waals surface area contributed by atoms with E-state index in [0.717, 1.165) is 25.7 Å². The van der Waals surface area contributed by atoms with E-state index < -0.39 is 5.41 Å². The van der Waals surface area contributed by atoms with Gasteiger partial charge in [-0.05, 0) is 32.6 Å². The lowest BCUT2D eigenvalue weighted by atomic mass is 9.68. The highest BCUT2D eigenvalue weighted by molar-refractivity contribution is 6.29. The topological polar surface area (TPSA) is 72.4 Å². The minimum absolute atomic E-state index is 0.0428. The van der Waals surface area contributed by atoms with Gasteiger partial charge in [-0.15, -0.1) is 0 Å². The molecule has 2 fully saturated rings. The first kappa shape index (κ1) is 16.2. The van der Waals surface area contributed by atoms with Crippen LogP contribution in [0.25, 0.3) is 0 Å². The fraction of sp³-hybridized carbons (Fsp3) is 0.625. The van der Waals surface area contributed by atoms with Crippen molar-refractivity contribution in [2.45, 2.75) is 39.0 Å². The number of amides is 1. The number of anilines is 1. The Kier molecular flexibility index (Phi) is 4.53. The molecule has 0 N–H and O–H groups in total. The van der Waals surface area contributed by atoms with Crippen LogP contribution in [0, 0.1) is 11.3 Å². The van der Waals surface area contributed by atoms with Crippen molar-refractivity contribution in [2.24, 2.45) is 11.3 Å². The third kappa shape index (κ3) is 3.04. The second-order valence-electron chi connectivity index (χ2n) is 6.23. The molecular weight excluding hydrogens is 318 g/mol. The largest absolute Gasteiger partial charge is 0.466 e. The SMILES string of the molecule is CCOC(=O)[C@@H]1CCCC2(CCN(c3cc(Cl)ncn3)C2=O)C1. The van der Waals surface area contributed by atoms with Gasteiger partial charge in [0.05, 0.1) is 17.9 Å². The summed E-state index contributed by atoms with van der Waals surface area (Å²) in [5.74, 6) is 0.218. The molecule has 1 aromatic rings. The zero-order valence-electron chi connectivity index (χ0n) is 13.1. The average Bonchev–Trinajstić information content (AvgIpc) is 2.84. The molecule has 3 rings (SSSR count). The van der Waals surface area contributed by atoms with Crippen molar-refractivity contribution in [3.05, 3.63) is 17.5 Å². The van der Waals surface area contributed by atoms with E-state index >= 15 is 0 Å². The van der Waals surface area contributed by atoms with Crippen molar-refractivity contribution in [1.82, 2.24) is 9.97 Å². The molecule has 1 amide bonds. The Labute approximate surface area is 140 Å². The number of carbonyl (C=O) groups excluding carboxylic acids is 2. The standard InChI is InChI=1S/C16H20ClN3O3/c1-2-23-14(21)11-4-3-5-16(9-11)6-7-20(15(16)22)13-8-12(17)18-10-19-13/h8,10-11H,2-7,9H2,1H3/t11-,16?/m1/s1. The van der Waals surface area contributed by atoms with Crippen LogP contribution in [0.15, 0.2) is 12.4 Å². The van der Waals surface area contributed by atoms with Crippen molar-refractivity contribution >= 4 is 29.3 Å². The number of halogens is 1. The maximum absolute atomic E-state index is 13.0. The number of rotatable bonds is 3. The van der Waals surface area contributed by atoms with Crippen LogP contribution < -0.4 is 4.90 Å². The van der Waals surface area contributed by atoms with Crippen LogP contribution in [0.4, 0.5) is 5.82 Å². The Morgan fingerprint density at radius 1 is 1.48 bits per heavy atom. The van der Waals surface area contributed by atoms with E-state index in [0.29, 0.717) is 30.5 Å². The summed E-state index contributed by atoms with van der Waals surface area (Å²) in [5, 5.41) is 0.316. The van der Waals surface area contributed by atoms with E-state index in [1.165, 1.54) is 6.33 Å². The predicted molar refractivity (Wildman–Crippen MR) is 85.0 cm³/mol. The quantitative estimate of drug-likeness (QED) is 0.626. The lowest BCUT2D eigenvalue weighted by Crippen LogP contribution is -2.40. The molecule has 6 nitrogen and oxygen atoms in total. The number of nitrogens with zero attached hydrogens (tertiary/aromatic N) is 3. The lowest BCUT2D eigenvalue weighted by Gasteiger charge is -2.35. The summed E-state index contributed by atoms with van der Waals surface area (Å²) in [6.45, 7) is 2.78. The molecule has 0 radical (unpaired) electrons. The van der Waals surface area contributed by atoms with Crippen LogP contribution in [0.3, 0.4) is 0 Å². The Morgan fingerprint density at radius 3 is 3.04 bits per heavy atom. The van der Waals surface area contributed by atoms with Crippen LogP contribution in [0.5, 0.6) is 0 Å². The van der Waals surface area contributed by atoms with Gasteiger partial charge in [0.1, 0.15) is 17.3 Å².